The van der Waals surface area contributed by atoms with Crippen molar-refractivity contribution < 1.29 is 18.7 Å². The molecular formula is C32H27ClFN3O3S. The average molecular weight is 588 g/mol. The molecule has 9 heteroatoms. The molecule has 0 amide bonds. The summed E-state index contributed by atoms with van der Waals surface area (Å²) >= 11 is 8.05. The van der Waals surface area contributed by atoms with E-state index in [1.807, 2.05) is 57.2 Å². The van der Waals surface area contributed by atoms with Gasteiger partial charge in [0.2, 0.25) is 0 Å². The Morgan fingerprint density at radius 1 is 1.05 bits per heavy atom. The minimum atomic E-state index is -0.535. The number of hydrogen-bond donors (Lipinski definition) is 1. The van der Waals surface area contributed by atoms with E-state index in [-0.39, 0.29) is 18.4 Å². The van der Waals surface area contributed by atoms with Gasteiger partial charge in [-0.1, -0.05) is 29.8 Å². The summed E-state index contributed by atoms with van der Waals surface area (Å²) in [7, 11) is 0. The largest absolute Gasteiger partial charge is 0.487 e. The monoisotopic (exact) mass is 587 g/mol. The predicted octanol–water partition coefficient (Wildman–Crippen LogP) is 8.83. The molecule has 0 unspecified atom stereocenters. The third kappa shape index (κ3) is 7.48. The van der Waals surface area contributed by atoms with Crippen molar-refractivity contribution in [1.29, 1.82) is 0 Å². The molecule has 2 aromatic heterocycles. The highest BCUT2D eigenvalue weighted by Crippen LogP contribution is 2.34. The predicted molar refractivity (Wildman–Crippen MR) is 163 cm³/mol. The molecule has 0 aliphatic rings. The molecule has 0 saturated heterocycles. The summed E-state index contributed by atoms with van der Waals surface area (Å²) in [6.07, 6.45) is 4.71. The van der Waals surface area contributed by atoms with Crippen molar-refractivity contribution >= 4 is 57.4 Å². The number of aromatic nitrogens is 2. The Morgan fingerprint density at radius 3 is 2.68 bits per heavy atom. The molecule has 208 valence electrons. The Balaban J connectivity index is 1.32. The van der Waals surface area contributed by atoms with Gasteiger partial charge < -0.3 is 14.8 Å². The molecule has 1 N–H and O–H groups in total. The van der Waals surface area contributed by atoms with E-state index in [2.05, 4.69) is 15.3 Å². The fourth-order valence-electron chi connectivity index (χ4n) is 4.01. The van der Waals surface area contributed by atoms with Gasteiger partial charge in [-0.3, -0.25) is 0 Å². The van der Waals surface area contributed by atoms with Crippen molar-refractivity contribution in [1.82, 2.24) is 9.97 Å². The molecule has 0 aliphatic heterocycles. The summed E-state index contributed by atoms with van der Waals surface area (Å²) < 4.78 is 24.6. The second-order valence-electron chi connectivity index (χ2n) is 10.2. The maximum absolute atomic E-state index is 13.5. The van der Waals surface area contributed by atoms with E-state index in [1.165, 1.54) is 24.5 Å². The summed E-state index contributed by atoms with van der Waals surface area (Å²) in [6, 6.07) is 21.6. The first-order chi connectivity index (χ1) is 19.6. The zero-order valence-electron chi connectivity index (χ0n) is 22.7. The summed E-state index contributed by atoms with van der Waals surface area (Å²) in [5.74, 6) is 0.428. The Morgan fingerprint density at radius 2 is 1.90 bits per heavy atom. The zero-order chi connectivity index (χ0) is 29.0. The first kappa shape index (κ1) is 28.3. The molecule has 0 aliphatic carbocycles. The molecule has 0 fully saturated rings. The van der Waals surface area contributed by atoms with E-state index in [0.29, 0.717) is 22.2 Å². The van der Waals surface area contributed by atoms with E-state index in [1.54, 1.807) is 41.7 Å². The standard InChI is InChI=1S/C32H27ClFN3O3S/c1-32(2,3)40-30(38)14-10-24-9-13-29(41-24)21-7-11-27-25(16-21)31(36-19-35-27)37-23-8-12-28(26(33)17-23)39-18-20-5-4-6-22(34)15-20/h4-17,19H,18H2,1-3H3,(H,35,36,37). The Labute approximate surface area is 246 Å². The molecule has 0 atom stereocenters. The molecule has 6 nitrogen and oxygen atoms in total. The maximum atomic E-state index is 13.5. The Kier molecular flexibility index (Phi) is 8.33. The lowest BCUT2D eigenvalue weighted by Gasteiger charge is -2.17. The van der Waals surface area contributed by atoms with E-state index in [9.17, 15) is 9.18 Å². The first-order valence-electron chi connectivity index (χ1n) is 12.8. The van der Waals surface area contributed by atoms with Crippen LogP contribution in [0.3, 0.4) is 0 Å². The van der Waals surface area contributed by atoms with E-state index < -0.39 is 5.60 Å². The lowest BCUT2D eigenvalue weighted by atomic mass is 10.1. The number of benzene rings is 3. The number of carbonyl (C=O) groups is 1. The van der Waals surface area contributed by atoms with Crippen molar-refractivity contribution in [2.24, 2.45) is 0 Å². The second kappa shape index (κ2) is 12.1. The maximum Gasteiger partial charge on any atom is 0.331 e. The average Bonchev–Trinajstić information content (AvgIpc) is 3.40. The summed E-state index contributed by atoms with van der Waals surface area (Å²) in [5, 5.41) is 4.58. The van der Waals surface area contributed by atoms with Gasteiger partial charge in [0.1, 0.15) is 35.9 Å². The highest BCUT2D eigenvalue weighted by atomic mass is 35.5. The molecule has 0 saturated carbocycles. The minimum absolute atomic E-state index is 0.199. The van der Waals surface area contributed by atoms with Crippen LogP contribution in [0, 0.1) is 5.82 Å². The summed E-state index contributed by atoms with van der Waals surface area (Å²) in [4.78, 5) is 22.9. The van der Waals surface area contributed by atoms with Crippen LogP contribution < -0.4 is 10.1 Å². The third-order valence-corrected chi connectivity index (χ3v) is 7.21. The number of nitrogens with zero attached hydrogens (tertiary/aromatic N) is 2. The number of thiophene rings is 1. The second-order valence-corrected chi connectivity index (χ2v) is 11.7. The number of halogens is 2. The van der Waals surface area contributed by atoms with Crippen LogP contribution in [0.1, 0.15) is 31.2 Å². The highest BCUT2D eigenvalue weighted by molar-refractivity contribution is 7.16. The van der Waals surface area contributed by atoms with Gasteiger partial charge >= 0.3 is 5.97 Å². The van der Waals surface area contributed by atoms with Gasteiger partial charge in [-0.05, 0) is 92.6 Å². The molecule has 2 heterocycles. The molecular weight excluding hydrogens is 561 g/mol. The van der Waals surface area contributed by atoms with Gasteiger partial charge in [-0.25, -0.2) is 19.2 Å². The molecule has 0 spiro atoms. The molecule has 3 aromatic carbocycles. The van der Waals surface area contributed by atoms with Gasteiger partial charge in [-0.2, -0.15) is 0 Å². The van der Waals surface area contributed by atoms with Crippen LogP contribution in [0.25, 0.3) is 27.4 Å². The Bertz CT molecular complexity index is 1750. The van der Waals surface area contributed by atoms with Gasteiger partial charge in [0.15, 0.2) is 0 Å². The van der Waals surface area contributed by atoms with Gasteiger partial charge in [-0.15, -0.1) is 11.3 Å². The van der Waals surface area contributed by atoms with Crippen LogP contribution in [0.2, 0.25) is 5.02 Å². The van der Waals surface area contributed by atoms with Gasteiger partial charge in [0.05, 0.1) is 10.5 Å². The zero-order valence-corrected chi connectivity index (χ0v) is 24.2. The van der Waals surface area contributed by atoms with Crippen molar-refractivity contribution in [3.63, 3.8) is 0 Å². The van der Waals surface area contributed by atoms with Crippen molar-refractivity contribution in [3.8, 4) is 16.2 Å². The van der Waals surface area contributed by atoms with Crippen molar-refractivity contribution in [3.05, 3.63) is 106 Å². The lowest BCUT2D eigenvalue weighted by Crippen LogP contribution is -2.22. The molecule has 0 radical (unpaired) electrons. The van der Waals surface area contributed by atoms with Gasteiger partial charge in [0.25, 0.3) is 0 Å². The molecule has 5 aromatic rings. The first-order valence-corrected chi connectivity index (χ1v) is 14.0. The quantitative estimate of drug-likeness (QED) is 0.144. The third-order valence-electron chi connectivity index (χ3n) is 5.82. The highest BCUT2D eigenvalue weighted by Gasteiger charge is 2.14. The molecule has 0 bridgehead atoms. The normalized spacial score (nSPS) is 11.6. The van der Waals surface area contributed by atoms with Crippen LogP contribution in [-0.4, -0.2) is 21.5 Å². The van der Waals surface area contributed by atoms with Crippen molar-refractivity contribution in [2.45, 2.75) is 33.0 Å². The number of hydrogen-bond acceptors (Lipinski definition) is 7. The number of ether oxygens (including phenoxy) is 2. The number of carbonyl (C=O) groups excluding carboxylic acids is 1. The number of anilines is 2. The number of fused-ring (bicyclic) bond motifs is 1. The van der Waals surface area contributed by atoms with Gasteiger partial charge in [0, 0.05) is 26.9 Å². The SMILES string of the molecule is CC(C)(C)OC(=O)C=Cc1ccc(-c2ccc3ncnc(Nc4ccc(OCc5cccc(F)c5)c(Cl)c4)c3c2)s1. The molecule has 41 heavy (non-hydrogen) atoms. The van der Waals surface area contributed by atoms with E-state index in [0.717, 1.165) is 31.9 Å². The fraction of sp³-hybridized carbons (Fsp3) is 0.156. The minimum Gasteiger partial charge on any atom is -0.487 e. The van der Waals surface area contributed by atoms with E-state index >= 15 is 0 Å². The molecule has 5 rings (SSSR count). The number of esters is 1. The topological polar surface area (TPSA) is 73.3 Å². The van der Waals surface area contributed by atoms with Crippen LogP contribution >= 0.6 is 22.9 Å². The van der Waals surface area contributed by atoms with Crippen LogP contribution in [0.15, 0.2) is 85.2 Å². The fourth-order valence-corrected chi connectivity index (χ4v) is 5.16. The van der Waals surface area contributed by atoms with Crippen molar-refractivity contribution in [2.75, 3.05) is 5.32 Å². The number of nitrogens with one attached hydrogen (secondary N) is 1. The number of rotatable bonds is 8. The summed E-state index contributed by atoms with van der Waals surface area (Å²) in [5.41, 5.74) is 2.68. The Hall–Kier alpha value is -4.27. The van der Waals surface area contributed by atoms with Crippen LogP contribution in [0.5, 0.6) is 5.75 Å². The summed E-state index contributed by atoms with van der Waals surface area (Å²) in [6.45, 7) is 5.71. The van der Waals surface area contributed by atoms with Crippen LogP contribution in [-0.2, 0) is 16.1 Å². The smallest absolute Gasteiger partial charge is 0.331 e. The lowest BCUT2D eigenvalue weighted by molar-refractivity contribution is -0.148. The van der Waals surface area contributed by atoms with Crippen LogP contribution in [0.4, 0.5) is 15.9 Å². The van der Waals surface area contributed by atoms with E-state index in [4.69, 9.17) is 21.1 Å².